The third-order valence-corrected chi connectivity index (χ3v) is 2.07. The van der Waals surface area contributed by atoms with Crippen LogP contribution < -0.4 is 5.32 Å². The van der Waals surface area contributed by atoms with E-state index in [0.717, 1.165) is 6.07 Å². The minimum atomic E-state index is -0.750. The van der Waals surface area contributed by atoms with Gasteiger partial charge in [-0.15, -0.1) is 0 Å². The number of unbranched alkanes of at least 4 members (excludes halogenated alkanes) is 1. The molecule has 0 aliphatic carbocycles. The summed E-state index contributed by atoms with van der Waals surface area (Å²) in [6.45, 7) is 0.461. The maximum Gasteiger partial charge on any atom is 0.254 e. The molecule has 0 spiro atoms. The number of phenols is 1. The van der Waals surface area contributed by atoms with Crippen LogP contribution in [0.5, 0.6) is 5.75 Å². The van der Waals surface area contributed by atoms with Gasteiger partial charge in [0.2, 0.25) is 0 Å². The Morgan fingerprint density at radius 3 is 2.75 bits per heavy atom. The zero-order valence-corrected chi connectivity index (χ0v) is 8.74. The van der Waals surface area contributed by atoms with Crippen LogP contribution in [0.4, 0.5) is 4.39 Å². The lowest BCUT2D eigenvalue weighted by Crippen LogP contribution is -2.25. The third kappa shape index (κ3) is 3.51. The van der Waals surface area contributed by atoms with Crippen molar-refractivity contribution in [3.63, 3.8) is 0 Å². The summed E-state index contributed by atoms with van der Waals surface area (Å²) in [4.78, 5) is 11.4. The zero-order valence-electron chi connectivity index (χ0n) is 8.74. The van der Waals surface area contributed by atoms with E-state index in [-0.39, 0.29) is 17.9 Å². The van der Waals surface area contributed by atoms with Crippen LogP contribution in [0.2, 0.25) is 0 Å². The van der Waals surface area contributed by atoms with Crippen LogP contribution >= 0.6 is 0 Å². The predicted octanol–water partition coefficient (Wildman–Crippen LogP) is 1.03. The predicted molar refractivity (Wildman–Crippen MR) is 56.7 cm³/mol. The van der Waals surface area contributed by atoms with Crippen molar-refractivity contribution in [2.24, 2.45) is 0 Å². The van der Waals surface area contributed by atoms with E-state index in [4.69, 9.17) is 10.2 Å². The highest BCUT2D eigenvalue weighted by Gasteiger charge is 2.11. The summed E-state index contributed by atoms with van der Waals surface area (Å²) in [7, 11) is 0. The Kier molecular flexibility index (Phi) is 4.72. The second-order valence-corrected chi connectivity index (χ2v) is 3.35. The Hall–Kier alpha value is -1.62. The van der Waals surface area contributed by atoms with Gasteiger partial charge < -0.3 is 15.5 Å². The Labute approximate surface area is 92.7 Å². The Morgan fingerprint density at radius 1 is 1.38 bits per heavy atom. The average molecular weight is 227 g/mol. The van der Waals surface area contributed by atoms with E-state index in [1.165, 1.54) is 12.1 Å². The molecule has 0 unspecified atom stereocenters. The molecule has 88 valence electrons. The van der Waals surface area contributed by atoms with Gasteiger partial charge in [-0.3, -0.25) is 4.79 Å². The summed E-state index contributed by atoms with van der Waals surface area (Å²) in [5.41, 5.74) is -0.0956. The van der Waals surface area contributed by atoms with Gasteiger partial charge in [0.05, 0.1) is 5.56 Å². The number of hydrogen-bond donors (Lipinski definition) is 3. The molecule has 0 atom stereocenters. The van der Waals surface area contributed by atoms with Gasteiger partial charge in [-0.1, -0.05) is 0 Å². The lowest BCUT2D eigenvalue weighted by Gasteiger charge is -2.05. The highest BCUT2D eigenvalue weighted by Crippen LogP contribution is 2.14. The lowest BCUT2D eigenvalue weighted by molar-refractivity contribution is 0.0948. The van der Waals surface area contributed by atoms with Crippen LogP contribution in [0.25, 0.3) is 0 Å². The largest absolute Gasteiger partial charge is 0.508 e. The second-order valence-electron chi connectivity index (χ2n) is 3.35. The second kappa shape index (κ2) is 6.07. The number of phenolic OH excluding ortho intramolecular Hbond substituents is 1. The van der Waals surface area contributed by atoms with E-state index < -0.39 is 11.7 Å². The fourth-order valence-corrected chi connectivity index (χ4v) is 1.22. The molecule has 0 aliphatic rings. The highest BCUT2D eigenvalue weighted by molar-refractivity contribution is 5.94. The van der Waals surface area contributed by atoms with Crippen LogP contribution in [0.1, 0.15) is 23.2 Å². The summed E-state index contributed by atoms with van der Waals surface area (Å²) in [6, 6.07) is 3.38. The number of rotatable bonds is 5. The number of carbonyl (C=O) groups excluding carboxylic acids is 1. The van der Waals surface area contributed by atoms with E-state index in [9.17, 15) is 9.18 Å². The van der Waals surface area contributed by atoms with Crippen molar-refractivity contribution in [2.75, 3.05) is 13.2 Å². The normalized spacial score (nSPS) is 10.1. The number of halogens is 1. The molecule has 0 saturated carbocycles. The molecule has 0 aliphatic heterocycles. The quantitative estimate of drug-likeness (QED) is 0.658. The molecule has 16 heavy (non-hydrogen) atoms. The molecule has 0 bridgehead atoms. The molecular weight excluding hydrogens is 213 g/mol. The van der Waals surface area contributed by atoms with Crippen LogP contribution in [0.15, 0.2) is 18.2 Å². The maximum absolute atomic E-state index is 13.2. The van der Waals surface area contributed by atoms with Gasteiger partial charge in [-0.25, -0.2) is 4.39 Å². The topological polar surface area (TPSA) is 69.6 Å². The smallest absolute Gasteiger partial charge is 0.254 e. The van der Waals surface area contributed by atoms with Crippen molar-refractivity contribution in [3.8, 4) is 5.75 Å². The molecule has 3 N–H and O–H groups in total. The van der Waals surface area contributed by atoms with Crippen molar-refractivity contribution in [3.05, 3.63) is 29.6 Å². The van der Waals surface area contributed by atoms with Gasteiger partial charge in [0.1, 0.15) is 11.6 Å². The zero-order chi connectivity index (χ0) is 12.0. The standard InChI is InChI=1S/C11H14FNO3/c12-10-7-8(15)3-4-9(10)11(16)13-5-1-2-6-14/h3-4,7,14-15H,1-2,5-6H2,(H,13,16). The van der Waals surface area contributed by atoms with E-state index in [2.05, 4.69) is 5.32 Å². The summed E-state index contributed by atoms with van der Waals surface area (Å²) < 4.78 is 13.2. The summed E-state index contributed by atoms with van der Waals surface area (Å²) >= 11 is 0. The molecule has 1 aromatic carbocycles. The van der Waals surface area contributed by atoms with E-state index in [1.807, 2.05) is 0 Å². The average Bonchev–Trinajstić information content (AvgIpc) is 2.24. The van der Waals surface area contributed by atoms with Crippen LogP contribution in [0, 0.1) is 5.82 Å². The monoisotopic (exact) mass is 227 g/mol. The van der Waals surface area contributed by atoms with Gasteiger partial charge >= 0.3 is 0 Å². The number of benzene rings is 1. The number of aliphatic hydroxyl groups is 1. The van der Waals surface area contributed by atoms with Crippen molar-refractivity contribution in [2.45, 2.75) is 12.8 Å². The molecule has 5 heteroatoms. The highest BCUT2D eigenvalue weighted by atomic mass is 19.1. The summed E-state index contributed by atoms with van der Waals surface area (Å²) in [5.74, 6) is -1.48. The van der Waals surface area contributed by atoms with Gasteiger partial charge in [-0.05, 0) is 25.0 Å². The molecule has 1 aromatic rings. The SMILES string of the molecule is O=C(NCCCCO)c1ccc(O)cc1F. The first-order chi connectivity index (χ1) is 7.65. The molecular formula is C11H14FNO3. The lowest BCUT2D eigenvalue weighted by atomic mass is 10.2. The summed E-state index contributed by atoms with van der Waals surface area (Å²) in [6.07, 6.45) is 1.24. The van der Waals surface area contributed by atoms with Crippen LogP contribution in [-0.2, 0) is 0 Å². The number of amides is 1. The van der Waals surface area contributed by atoms with Crippen molar-refractivity contribution in [1.29, 1.82) is 0 Å². The molecule has 0 saturated heterocycles. The van der Waals surface area contributed by atoms with Gasteiger partial charge in [-0.2, -0.15) is 0 Å². The summed E-state index contributed by atoms with van der Waals surface area (Å²) in [5, 5.41) is 20.0. The van der Waals surface area contributed by atoms with Crippen LogP contribution in [0.3, 0.4) is 0 Å². The molecule has 1 rings (SSSR count). The van der Waals surface area contributed by atoms with Crippen molar-refractivity contribution >= 4 is 5.91 Å². The maximum atomic E-state index is 13.2. The first-order valence-corrected chi connectivity index (χ1v) is 5.02. The van der Waals surface area contributed by atoms with Gasteiger partial charge in [0.25, 0.3) is 5.91 Å². The number of aliphatic hydroxyl groups excluding tert-OH is 1. The van der Waals surface area contributed by atoms with Crippen molar-refractivity contribution in [1.82, 2.24) is 5.32 Å². The van der Waals surface area contributed by atoms with Crippen molar-refractivity contribution < 1.29 is 19.4 Å². The van der Waals surface area contributed by atoms with Gasteiger partial charge in [0.15, 0.2) is 0 Å². The molecule has 0 radical (unpaired) electrons. The third-order valence-electron chi connectivity index (χ3n) is 2.07. The molecule has 0 heterocycles. The molecule has 1 amide bonds. The molecule has 0 fully saturated rings. The number of hydrogen-bond acceptors (Lipinski definition) is 3. The number of nitrogens with one attached hydrogen (secondary N) is 1. The van der Waals surface area contributed by atoms with Gasteiger partial charge in [0, 0.05) is 19.2 Å². The Balaban J connectivity index is 2.53. The fraction of sp³-hybridized carbons (Fsp3) is 0.364. The van der Waals surface area contributed by atoms with E-state index >= 15 is 0 Å². The van der Waals surface area contributed by atoms with E-state index in [0.29, 0.717) is 19.4 Å². The first kappa shape index (κ1) is 12.4. The molecule has 0 aromatic heterocycles. The van der Waals surface area contributed by atoms with Crippen LogP contribution in [-0.4, -0.2) is 29.3 Å². The number of carbonyl (C=O) groups is 1. The minimum Gasteiger partial charge on any atom is -0.508 e. The number of aromatic hydroxyl groups is 1. The first-order valence-electron chi connectivity index (χ1n) is 5.02. The fourth-order valence-electron chi connectivity index (χ4n) is 1.22. The Bertz CT molecular complexity index is 368. The van der Waals surface area contributed by atoms with E-state index in [1.54, 1.807) is 0 Å². The molecule has 4 nitrogen and oxygen atoms in total. The Morgan fingerprint density at radius 2 is 2.12 bits per heavy atom. The minimum absolute atomic E-state index is 0.0729.